The van der Waals surface area contributed by atoms with E-state index in [0.717, 1.165) is 18.5 Å². The molecule has 0 fully saturated rings. The van der Waals surface area contributed by atoms with Crippen LogP contribution in [0.5, 0.6) is 0 Å². The summed E-state index contributed by atoms with van der Waals surface area (Å²) in [6.45, 7) is 3.25. The number of nitrogens with one attached hydrogen (secondary N) is 1. The van der Waals surface area contributed by atoms with Crippen LogP contribution in [0.2, 0.25) is 0 Å². The lowest BCUT2D eigenvalue weighted by Gasteiger charge is -2.18. The van der Waals surface area contributed by atoms with Crippen molar-refractivity contribution in [1.82, 2.24) is 5.32 Å². The van der Waals surface area contributed by atoms with Crippen molar-refractivity contribution in [1.29, 1.82) is 0 Å². The zero-order chi connectivity index (χ0) is 13.7. The molecular formula is C16H23FN2. The van der Waals surface area contributed by atoms with Gasteiger partial charge in [-0.15, -0.1) is 0 Å². The highest BCUT2D eigenvalue weighted by Crippen LogP contribution is 2.21. The van der Waals surface area contributed by atoms with Gasteiger partial charge in [0.05, 0.1) is 0 Å². The van der Waals surface area contributed by atoms with Crippen LogP contribution in [-0.4, -0.2) is 13.1 Å². The number of hydrogen-bond acceptors (Lipinski definition) is 2. The van der Waals surface area contributed by atoms with Crippen LogP contribution in [0.1, 0.15) is 42.9 Å². The van der Waals surface area contributed by atoms with Crippen LogP contribution in [0.25, 0.3) is 0 Å². The van der Waals surface area contributed by atoms with Gasteiger partial charge in [0.25, 0.3) is 0 Å². The van der Waals surface area contributed by atoms with Crippen LogP contribution in [0, 0.1) is 12.7 Å². The molecule has 2 nitrogen and oxygen atoms in total. The molecule has 104 valence electrons. The summed E-state index contributed by atoms with van der Waals surface area (Å²) in [5, 5.41) is 3.47. The summed E-state index contributed by atoms with van der Waals surface area (Å²) in [5.74, 6) is -0.157. The Hall–Kier alpha value is -1.19. The first-order chi connectivity index (χ1) is 9.20. The van der Waals surface area contributed by atoms with Gasteiger partial charge in [0.2, 0.25) is 0 Å². The summed E-state index contributed by atoms with van der Waals surface area (Å²) >= 11 is 0. The number of halogens is 1. The van der Waals surface area contributed by atoms with Gasteiger partial charge in [-0.25, -0.2) is 4.39 Å². The quantitative estimate of drug-likeness (QED) is 0.772. The van der Waals surface area contributed by atoms with E-state index in [1.165, 1.54) is 25.3 Å². The smallest absolute Gasteiger partial charge is 0.126 e. The van der Waals surface area contributed by atoms with Crippen LogP contribution in [-0.2, 0) is 0 Å². The molecule has 0 aliphatic heterocycles. The van der Waals surface area contributed by atoms with E-state index in [4.69, 9.17) is 5.73 Å². The number of rotatable bonds is 6. The molecule has 19 heavy (non-hydrogen) atoms. The van der Waals surface area contributed by atoms with E-state index < -0.39 is 0 Å². The third kappa shape index (κ3) is 3.88. The average molecular weight is 262 g/mol. The number of nitrogens with two attached hydrogens (primary N) is 1. The monoisotopic (exact) mass is 262 g/mol. The minimum atomic E-state index is -0.157. The molecule has 1 aliphatic rings. The Morgan fingerprint density at radius 1 is 1.42 bits per heavy atom. The first-order valence-corrected chi connectivity index (χ1v) is 7.08. The molecule has 3 N–H and O–H groups in total. The third-order valence-corrected chi connectivity index (χ3v) is 3.79. The second kappa shape index (κ2) is 6.83. The third-order valence-electron chi connectivity index (χ3n) is 3.79. The Labute approximate surface area is 114 Å². The zero-order valence-corrected chi connectivity index (χ0v) is 11.6. The second-order valence-corrected chi connectivity index (χ2v) is 5.26. The normalized spacial score (nSPS) is 16.5. The van der Waals surface area contributed by atoms with E-state index in [0.29, 0.717) is 12.1 Å². The summed E-state index contributed by atoms with van der Waals surface area (Å²) in [4.78, 5) is 0. The highest BCUT2D eigenvalue weighted by atomic mass is 19.1. The lowest BCUT2D eigenvalue weighted by molar-refractivity contribution is 0.539. The lowest BCUT2D eigenvalue weighted by Crippen LogP contribution is -2.29. The summed E-state index contributed by atoms with van der Waals surface area (Å²) in [6, 6.07) is 5.34. The highest BCUT2D eigenvalue weighted by Gasteiger charge is 2.11. The number of hydrogen-bond donors (Lipinski definition) is 2. The molecule has 0 aromatic heterocycles. The Morgan fingerprint density at radius 3 is 2.89 bits per heavy atom. The SMILES string of the molecule is Cc1cc(C(CN)NCCC2=CCCC2)ccc1F. The Balaban J connectivity index is 1.89. The van der Waals surface area contributed by atoms with Crippen molar-refractivity contribution in [3.8, 4) is 0 Å². The van der Waals surface area contributed by atoms with Crippen molar-refractivity contribution in [2.45, 2.75) is 38.6 Å². The summed E-state index contributed by atoms with van der Waals surface area (Å²) < 4.78 is 13.3. The van der Waals surface area contributed by atoms with E-state index >= 15 is 0 Å². The van der Waals surface area contributed by atoms with Gasteiger partial charge in [-0.2, -0.15) is 0 Å². The maximum Gasteiger partial charge on any atom is 0.126 e. The first kappa shape index (κ1) is 14.2. The van der Waals surface area contributed by atoms with Crippen molar-refractivity contribution in [2.24, 2.45) is 5.73 Å². The van der Waals surface area contributed by atoms with Gasteiger partial charge in [0.15, 0.2) is 0 Å². The number of benzene rings is 1. The predicted octanol–water partition coefficient (Wildman–Crippen LogP) is 3.22. The molecule has 0 bridgehead atoms. The number of allylic oxidation sites excluding steroid dienone is 1. The molecule has 1 aromatic carbocycles. The van der Waals surface area contributed by atoms with Crippen LogP contribution in [0.4, 0.5) is 4.39 Å². The van der Waals surface area contributed by atoms with Crippen molar-refractivity contribution < 1.29 is 4.39 Å². The fraction of sp³-hybridized carbons (Fsp3) is 0.500. The Morgan fingerprint density at radius 2 is 2.26 bits per heavy atom. The maximum absolute atomic E-state index is 13.3. The second-order valence-electron chi connectivity index (χ2n) is 5.26. The molecule has 2 rings (SSSR count). The first-order valence-electron chi connectivity index (χ1n) is 7.08. The molecule has 0 heterocycles. The van der Waals surface area contributed by atoms with E-state index in [-0.39, 0.29) is 11.9 Å². The van der Waals surface area contributed by atoms with Crippen molar-refractivity contribution in [3.05, 3.63) is 46.8 Å². The fourth-order valence-corrected chi connectivity index (χ4v) is 2.59. The van der Waals surface area contributed by atoms with Crippen molar-refractivity contribution in [3.63, 3.8) is 0 Å². The lowest BCUT2D eigenvalue weighted by atomic mass is 10.0. The van der Waals surface area contributed by atoms with Gasteiger partial charge >= 0.3 is 0 Å². The van der Waals surface area contributed by atoms with Crippen molar-refractivity contribution in [2.75, 3.05) is 13.1 Å². The molecule has 0 saturated carbocycles. The largest absolute Gasteiger partial charge is 0.329 e. The van der Waals surface area contributed by atoms with Gasteiger partial charge in [-0.1, -0.05) is 23.8 Å². The highest BCUT2D eigenvalue weighted by molar-refractivity contribution is 5.26. The minimum absolute atomic E-state index is 0.112. The molecule has 0 spiro atoms. The maximum atomic E-state index is 13.3. The van der Waals surface area contributed by atoms with Gasteiger partial charge in [-0.3, -0.25) is 0 Å². The average Bonchev–Trinajstić information content (AvgIpc) is 2.91. The van der Waals surface area contributed by atoms with Crippen LogP contribution < -0.4 is 11.1 Å². The van der Waals surface area contributed by atoms with Crippen LogP contribution >= 0.6 is 0 Å². The molecule has 3 heteroatoms. The molecular weight excluding hydrogens is 239 g/mol. The number of aryl methyl sites for hydroxylation is 1. The van der Waals surface area contributed by atoms with Crippen molar-refractivity contribution >= 4 is 0 Å². The van der Waals surface area contributed by atoms with E-state index in [2.05, 4.69) is 11.4 Å². The minimum Gasteiger partial charge on any atom is -0.329 e. The van der Waals surface area contributed by atoms with Gasteiger partial charge in [0, 0.05) is 12.6 Å². The molecule has 0 saturated heterocycles. The topological polar surface area (TPSA) is 38.0 Å². The molecule has 1 atom stereocenters. The van der Waals surface area contributed by atoms with Gasteiger partial charge < -0.3 is 11.1 Å². The van der Waals surface area contributed by atoms with E-state index in [9.17, 15) is 4.39 Å². The van der Waals surface area contributed by atoms with Crippen LogP contribution in [0.3, 0.4) is 0 Å². The summed E-state index contributed by atoms with van der Waals surface area (Å²) in [7, 11) is 0. The Kier molecular flexibility index (Phi) is 5.11. The van der Waals surface area contributed by atoms with Crippen LogP contribution in [0.15, 0.2) is 29.8 Å². The van der Waals surface area contributed by atoms with E-state index in [1.807, 2.05) is 12.1 Å². The molecule has 1 unspecified atom stereocenters. The zero-order valence-electron chi connectivity index (χ0n) is 11.6. The standard InChI is InChI=1S/C16H23FN2/c1-12-10-14(6-7-15(12)17)16(11-18)19-9-8-13-4-2-3-5-13/h4,6-7,10,16,19H,2-3,5,8-9,11,18H2,1H3. The predicted molar refractivity (Wildman–Crippen MR) is 77.5 cm³/mol. The van der Waals surface area contributed by atoms with E-state index in [1.54, 1.807) is 12.5 Å². The fourth-order valence-electron chi connectivity index (χ4n) is 2.59. The molecule has 0 radical (unpaired) electrons. The summed E-state index contributed by atoms with van der Waals surface area (Å²) in [6.07, 6.45) is 7.21. The molecule has 1 aromatic rings. The molecule has 0 amide bonds. The Bertz CT molecular complexity index is 454. The summed E-state index contributed by atoms with van der Waals surface area (Å²) in [5.41, 5.74) is 9.12. The van der Waals surface area contributed by atoms with Gasteiger partial charge in [-0.05, 0) is 56.3 Å². The van der Waals surface area contributed by atoms with Gasteiger partial charge in [0.1, 0.15) is 5.82 Å². The molecule has 1 aliphatic carbocycles.